The second-order valence-corrected chi connectivity index (χ2v) is 9.31. The predicted octanol–water partition coefficient (Wildman–Crippen LogP) is 3.03. The molecule has 2 saturated heterocycles. The van der Waals surface area contributed by atoms with Crippen LogP contribution in [0.1, 0.15) is 23.5 Å². The quantitative estimate of drug-likeness (QED) is 0.621. The zero-order valence-electron chi connectivity index (χ0n) is 19.3. The maximum atomic E-state index is 12.6. The number of carboxylic acid groups (broad SMARTS) is 1. The van der Waals surface area contributed by atoms with Crippen LogP contribution < -0.4 is 5.32 Å². The van der Waals surface area contributed by atoms with Gasteiger partial charge in [0.05, 0.1) is 12.0 Å². The molecule has 3 aliphatic rings. The van der Waals surface area contributed by atoms with Crippen LogP contribution in [0, 0.1) is 11.3 Å². The first-order valence-corrected chi connectivity index (χ1v) is 11.8. The minimum Gasteiger partial charge on any atom is -0.481 e. The average molecular weight is 477 g/mol. The number of hydrogen-bond acceptors (Lipinski definition) is 5. The summed E-state index contributed by atoms with van der Waals surface area (Å²) in [6, 6.07) is 16.3. The number of hydrogen-bond donors (Lipinski definition) is 2. The first-order valence-electron chi connectivity index (χ1n) is 11.8. The molecule has 0 bridgehead atoms. The molecule has 0 unspecified atom stereocenters. The van der Waals surface area contributed by atoms with Crippen molar-refractivity contribution in [3.63, 3.8) is 0 Å². The maximum Gasteiger partial charge on any atom is 0.407 e. The Hall–Kier alpha value is -3.65. The summed E-state index contributed by atoms with van der Waals surface area (Å²) in [6.45, 7) is 1.63. The number of fused-ring (bicyclic) bond motifs is 4. The fourth-order valence-electron chi connectivity index (χ4n) is 5.52. The van der Waals surface area contributed by atoms with E-state index < -0.39 is 17.5 Å². The first kappa shape index (κ1) is 23.1. The van der Waals surface area contributed by atoms with Crippen molar-refractivity contribution in [3.05, 3.63) is 71.8 Å². The van der Waals surface area contributed by atoms with Gasteiger partial charge < -0.3 is 24.8 Å². The first-order chi connectivity index (χ1) is 17.0. The molecule has 182 valence electrons. The smallest absolute Gasteiger partial charge is 0.407 e. The number of benzene rings is 2. The van der Waals surface area contributed by atoms with Gasteiger partial charge in [0, 0.05) is 44.2 Å². The van der Waals surface area contributed by atoms with Gasteiger partial charge in [0.15, 0.2) is 0 Å². The summed E-state index contributed by atoms with van der Waals surface area (Å²) in [6.07, 6.45) is 2.77. The lowest BCUT2D eigenvalue weighted by atomic mass is 9.74. The van der Waals surface area contributed by atoms with E-state index in [1.54, 1.807) is 11.0 Å². The molecule has 2 aliphatic heterocycles. The molecule has 35 heavy (non-hydrogen) atoms. The van der Waals surface area contributed by atoms with Gasteiger partial charge in [0.25, 0.3) is 0 Å². The van der Waals surface area contributed by atoms with Crippen LogP contribution in [0.2, 0.25) is 0 Å². The third-order valence-electron chi connectivity index (χ3n) is 7.41. The van der Waals surface area contributed by atoms with Crippen LogP contribution in [0.4, 0.5) is 4.79 Å². The van der Waals surface area contributed by atoms with Crippen molar-refractivity contribution >= 4 is 18.0 Å². The SMILES string of the molecule is O=C(NC/C=C/C(=O)N1C[C@H]2COCC[C@@]2(C(=O)O)C1)OCC1c2ccccc2-c2ccccc21. The molecule has 2 N–H and O–H groups in total. The van der Waals surface area contributed by atoms with Crippen LogP contribution in [0.5, 0.6) is 0 Å². The number of alkyl carbamates (subject to hydrolysis) is 1. The number of carbonyl (C=O) groups is 3. The van der Waals surface area contributed by atoms with Crippen molar-refractivity contribution in [3.8, 4) is 11.1 Å². The summed E-state index contributed by atoms with van der Waals surface area (Å²) >= 11 is 0. The Kier molecular flexibility index (Phi) is 6.30. The minimum atomic E-state index is -0.929. The van der Waals surface area contributed by atoms with Crippen LogP contribution in [-0.4, -0.2) is 67.4 Å². The second-order valence-electron chi connectivity index (χ2n) is 9.31. The lowest BCUT2D eigenvalue weighted by molar-refractivity contribution is -0.157. The number of carboxylic acids is 1. The molecule has 2 aromatic carbocycles. The van der Waals surface area contributed by atoms with Crippen molar-refractivity contribution in [1.82, 2.24) is 10.2 Å². The Bertz CT molecular complexity index is 1130. The number of nitrogens with one attached hydrogen (secondary N) is 1. The lowest BCUT2D eigenvalue weighted by Gasteiger charge is -2.33. The van der Waals surface area contributed by atoms with E-state index in [-0.39, 0.29) is 37.4 Å². The molecule has 2 heterocycles. The summed E-state index contributed by atoms with van der Waals surface area (Å²) in [7, 11) is 0. The number of nitrogens with zero attached hydrogens (tertiary/aromatic N) is 1. The fourth-order valence-corrected chi connectivity index (χ4v) is 5.52. The average Bonchev–Trinajstić information content (AvgIpc) is 3.43. The van der Waals surface area contributed by atoms with E-state index in [2.05, 4.69) is 29.6 Å². The molecule has 0 spiro atoms. The Morgan fingerprint density at radius 1 is 1.11 bits per heavy atom. The summed E-state index contributed by atoms with van der Waals surface area (Å²) in [4.78, 5) is 38.3. The molecule has 8 nitrogen and oxygen atoms in total. The van der Waals surface area contributed by atoms with Gasteiger partial charge in [-0.25, -0.2) is 4.79 Å². The molecule has 0 radical (unpaired) electrons. The normalized spacial score (nSPS) is 23.0. The van der Waals surface area contributed by atoms with E-state index in [4.69, 9.17) is 9.47 Å². The van der Waals surface area contributed by atoms with Gasteiger partial charge in [0.1, 0.15) is 6.61 Å². The molecule has 8 heteroatoms. The standard InChI is InChI=1S/C27H28N2O6/c30-24(29-14-18-15-34-13-11-27(18,17-29)25(31)32)10-5-12-28-26(33)35-16-23-21-8-3-1-6-19(21)20-7-2-4-9-22(20)23/h1-10,18,23H,11-17H2,(H,28,33)(H,31,32)/b10-5+/t18-,27+/m0/s1. The third kappa shape index (κ3) is 4.30. The molecule has 2 aromatic rings. The minimum absolute atomic E-state index is 0.0190. The van der Waals surface area contributed by atoms with E-state index in [0.29, 0.717) is 26.2 Å². The molecule has 2 amide bonds. The van der Waals surface area contributed by atoms with Gasteiger partial charge >= 0.3 is 12.1 Å². The third-order valence-corrected chi connectivity index (χ3v) is 7.41. The van der Waals surface area contributed by atoms with Gasteiger partial charge in [-0.05, 0) is 28.7 Å². The van der Waals surface area contributed by atoms with E-state index in [0.717, 1.165) is 22.3 Å². The van der Waals surface area contributed by atoms with Crippen molar-refractivity contribution < 1.29 is 29.0 Å². The monoisotopic (exact) mass is 476 g/mol. The Balaban J connectivity index is 1.11. The highest BCUT2D eigenvalue weighted by Crippen LogP contribution is 2.44. The van der Waals surface area contributed by atoms with E-state index in [9.17, 15) is 19.5 Å². The van der Waals surface area contributed by atoms with Gasteiger partial charge in [-0.15, -0.1) is 0 Å². The van der Waals surface area contributed by atoms with Crippen LogP contribution in [0.25, 0.3) is 11.1 Å². The maximum absolute atomic E-state index is 12.6. The summed E-state index contributed by atoms with van der Waals surface area (Å²) in [5, 5.41) is 12.4. The molecule has 1 aliphatic carbocycles. The molecule has 0 aromatic heterocycles. The summed E-state index contributed by atoms with van der Waals surface area (Å²) in [5.41, 5.74) is 3.68. The van der Waals surface area contributed by atoms with Crippen LogP contribution >= 0.6 is 0 Å². The number of likely N-dealkylation sites (tertiary alicyclic amines) is 1. The summed E-state index contributed by atoms with van der Waals surface area (Å²) < 4.78 is 10.9. The fraction of sp³-hybridized carbons (Fsp3) is 0.370. The number of carbonyl (C=O) groups excluding carboxylic acids is 2. The van der Waals surface area contributed by atoms with Crippen LogP contribution in [0.15, 0.2) is 60.7 Å². The molecular weight excluding hydrogens is 448 g/mol. The summed E-state index contributed by atoms with van der Waals surface area (Å²) in [5.74, 6) is -1.36. The number of rotatable bonds is 6. The van der Waals surface area contributed by atoms with Gasteiger partial charge in [-0.1, -0.05) is 54.6 Å². The number of ether oxygens (including phenoxy) is 2. The topological polar surface area (TPSA) is 105 Å². The molecule has 2 fully saturated rings. The highest BCUT2D eigenvalue weighted by atomic mass is 16.5. The van der Waals surface area contributed by atoms with Gasteiger partial charge in [-0.2, -0.15) is 0 Å². The Morgan fingerprint density at radius 2 is 1.80 bits per heavy atom. The number of amides is 2. The van der Waals surface area contributed by atoms with E-state index in [1.807, 2.05) is 24.3 Å². The van der Waals surface area contributed by atoms with Crippen molar-refractivity contribution in [2.45, 2.75) is 12.3 Å². The van der Waals surface area contributed by atoms with Crippen molar-refractivity contribution in [1.29, 1.82) is 0 Å². The van der Waals surface area contributed by atoms with Gasteiger partial charge in [0.2, 0.25) is 5.91 Å². The second kappa shape index (κ2) is 9.54. The zero-order valence-corrected chi connectivity index (χ0v) is 19.3. The predicted molar refractivity (Wildman–Crippen MR) is 128 cm³/mol. The van der Waals surface area contributed by atoms with Crippen molar-refractivity contribution in [2.24, 2.45) is 11.3 Å². The number of aliphatic carboxylic acids is 1. The van der Waals surface area contributed by atoms with Crippen LogP contribution in [-0.2, 0) is 19.1 Å². The zero-order chi connectivity index (χ0) is 24.4. The lowest BCUT2D eigenvalue weighted by Crippen LogP contribution is -2.45. The Labute approximate surface area is 203 Å². The van der Waals surface area contributed by atoms with Crippen LogP contribution in [0.3, 0.4) is 0 Å². The van der Waals surface area contributed by atoms with E-state index >= 15 is 0 Å². The van der Waals surface area contributed by atoms with E-state index in [1.165, 1.54) is 6.08 Å². The van der Waals surface area contributed by atoms with Crippen molar-refractivity contribution in [2.75, 3.05) is 39.5 Å². The Morgan fingerprint density at radius 3 is 2.46 bits per heavy atom. The molecule has 5 rings (SSSR count). The van der Waals surface area contributed by atoms with Gasteiger partial charge in [-0.3, -0.25) is 9.59 Å². The molecule has 0 saturated carbocycles. The largest absolute Gasteiger partial charge is 0.481 e. The highest BCUT2D eigenvalue weighted by molar-refractivity contribution is 5.89. The molecule has 2 atom stereocenters. The molecular formula is C27H28N2O6. The highest BCUT2D eigenvalue weighted by Gasteiger charge is 2.54.